The molecule has 78 valence electrons. The van der Waals surface area contributed by atoms with Gasteiger partial charge in [0.05, 0.1) is 18.8 Å². The molecule has 0 bridgehead atoms. The zero-order chi connectivity index (χ0) is 10.6. The molecule has 1 aromatic carbocycles. The van der Waals surface area contributed by atoms with Gasteiger partial charge in [0, 0.05) is 10.2 Å². The molecule has 0 spiro atoms. The van der Waals surface area contributed by atoms with Crippen LogP contribution in [0.25, 0.3) is 0 Å². The van der Waals surface area contributed by atoms with E-state index in [-0.39, 0.29) is 13.2 Å². The molecule has 0 heterocycles. The number of anilines is 1. The van der Waals surface area contributed by atoms with E-state index in [1.165, 1.54) is 0 Å². The minimum atomic E-state index is -0.691. The number of aliphatic hydroxyl groups excluding tert-OH is 2. The average Bonchev–Trinajstić information content (AvgIpc) is 2.21. The third kappa shape index (κ3) is 2.70. The predicted molar refractivity (Wildman–Crippen MR) is 60.3 cm³/mol. The highest BCUT2D eigenvalue weighted by Gasteiger charge is 2.22. The summed E-state index contributed by atoms with van der Waals surface area (Å²) in [4.78, 5) is 0. The second-order valence-electron chi connectivity index (χ2n) is 3.48. The standard InChI is InChI=1S/C10H14BrNO2/c1-10(6-13,7-14)12-9-5-3-2-4-8(9)11/h2-5,12-14H,6-7H2,1H3. The summed E-state index contributed by atoms with van der Waals surface area (Å²) in [6.07, 6.45) is 0. The Bertz CT molecular complexity index is 300. The van der Waals surface area contributed by atoms with E-state index in [0.717, 1.165) is 10.2 Å². The monoisotopic (exact) mass is 259 g/mol. The van der Waals surface area contributed by atoms with Gasteiger partial charge in [0.1, 0.15) is 0 Å². The Morgan fingerprint density at radius 2 is 1.86 bits per heavy atom. The van der Waals surface area contributed by atoms with Gasteiger partial charge in [-0.2, -0.15) is 0 Å². The van der Waals surface area contributed by atoms with Crippen molar-refractivity contribution in [2.45, 2.75) is 12.5 Å². The minimum absolute atomic E-state index is 0.120. The normalized spacial score (nSPS) is 11.4. The lowest BCUT2D eigenvalue weighted by Crippen LogP contribution is -2.42. The van der Waals surface area contributed by atoms with Crippen molar-refractivity contribution < 1.29 is 10.2 Å². The molecule has 3 nitrogen and oxygen atoms in total. The second-order valence-corrected chi connectivity index (χ2v) is 4.34. The van der Waals surface area contributed by atoms with Gasteiger partial charge in [-0.1, -0.05) is 12.1 Å². The molecule has 3 N–H and O–H groups in total. The molecule has 0 aliphatic carbocycles. The van der Waals surface area contributed by atoms with Crippen molar-refractivity contribution in [1.29, 1.82) is 0 Å². The maximum atomic E-state index is 9.10. The molecule has 0 radical (unpaired) electrons. The van der Waals surface area contributed by atoms with Crippen LogP contribution in [0.5, 0.6) is 0 Å². The summed E-state index contributed by atoms with van der Waals surface area (Å²) < 4.78 is 0.910. The van der Waals surface area contributed by atoms with E-state index in [1.807, 2.05) is 24.3 Å². The summed E-state index contributed by atoms with van der Waals surface area (Å²) in [6, 6.07) is 7.58. The van der Waals surface area contributed by atoms with Crippen LogP contribution in [-0.2, 0) is 0 Å². The van der Waals surface area contributed by atoms with Crippen molar-refractivity contribution in [3.05, 3.63) is 28.7 Å². The molecular formula is C10H14BrNO2. The number of aliphatic hydroxyl groups is 2. The molecule has 0 fully saturated rings. The van der Waals surface area contributed by atoms with Crippen molar-refractivity contribution >= 4 is 21.6 Å². The van der Waals surface area contributed by atoms with Gasteiger partial charge in [-0.15, -0.1) is 0 Å². The molecule has 1 rings (SSSR count). The Balaban J connectivity index is 2.82. The number of benzene rings is 1. The largest absolute Gasteiger partial charge is 0.394 e. The lowest BCUT2D eigenvalue weighted by atomic mass is 10.1. The summed E-state index contributed by atoms with van der Waals surface area (Å²) in [7, 11) is 0. The highest BCUT2D eigenvalue weighted by molar-refractivity contribution is 9.10. The van der Waals surface area contributed by atoms with Crippen molar-refractivity contribution in [2.24, 2.45) is 0 Å². The Morgan fingerprint density at radius 1 is 1.29 bits per heavy atom. The SMILES string of the molecule is CC(CO)(CO)Nc1ccccc1Br. The van der Waals surface area contributed by atoms with Gasteiger partial charge < -0.3 is 15.5 Å². The van der Waals surface area contributed by atoms with Gasteiger partial charge in [0.15, 0.2) is 0 Å². The Kier molecular flexibility index (Phi) is 3.92. The van der Waals surface area contributed by atoms with E-state index in [9.17, 15) is 0 Å². The van der Waals surface area contributed by atoms with Crippen LogP contribution in [0.15, 0.2) is 28.7 Å². The number of nitrogens with one attached hydrogen (secondary N) is 1. The summed E-state index contributed by atoms with van der Waals surface area (Å²) in [6.45, 7) is 1.52. The van der Waals surface area contributed by atoms with Crippen LogP contribution in [0.3, 0.4) is 0 Å². The fraction of sp³-hybridized carbons (Fsp3) is 0.400. The highest BCUT2D eigenvalue weighted by atomic mass is 79.9. The van der Waals surface area contributed by atoms with Gasteiger partial charge in [0.2, 0.25) is 0 Å². The predicted octanol–water partition coefficient (Wildman–Crippen LogP) is 1.60. The van der Waals surface area contributed by atoms with Crippen LogP contribution >= 0.6 is 15.9 Å². The average molecular weight is 260 g/mol. The lowest BCUT2D eigenvalue weighted by Gasteiger charge is -2.28. The maximum Gasteiger partial charge on any atom is 0.0806 e. The molecule has 0 aromatic heterocycles. The van der Waals surface area contributed by atoms with Gasteiger partial charge in [-0.3, -0.25) is 0 Å². The molecule has 0 amide bonds. The second kappa shape index (κ2) is 4.77. The summed E-state index contributed by atoms with van der Waals surface area (Å²) in [5, 5.41) is 21.3. The zero-order valence-corrected chi connectivity index (χ0v) is 9.58. The minimum Gasteiger partial charge on any atom is -0.394 e. The fourth-order valence-corrected chi connectivity index (χ4v) is 1.40. The Morgan fingerprint density at radius 3 is 2.36 bits per heavy atom. The summed E-state index contributed by atoms with van der Waals surface area (Å²) in [5.41, 5.74) is 0.169. The Hall–Kier alpha value is -0.580. The van der Waals surface area contributed by atoms with Gasteiger partial charge in [-0.25, -0.2) is 0 Å². The first kappa shape index (κ1) is 11.5. The number of halogens is 1. The van der Waals surface area contributed by atoms with E-state index in [0.29, 0.717) is 0 Å². The number of hydrogen-bond donors (Lipinski definition) is 3. The highest BCUT2D eigenvalue weighted by Crippen LogP contribution is 2.24. The molecule has 14 heavy (non-hydrogen) atoms. The van der Waals surface area contributed by atoms with Gasteiger partial charge in [0.25, 0.3) is 0 Å². The van der Waals surface area contributed by atoms with Crippen LogP contribution in [0.1, 0.15) is 6.92 Å². The summed E-state index contributed by atoms with van der Waals surface area (Å²) in [5.74, 6) is 0. The molecule has 0 atom stereocenters. The van der Waals surface area contributed by atoms with E-state index >= 15 is 0 Å². The van der Waals surface area contributed by atoms with E-state index in [4.69, 9.17) is 10.2 Å². The molecule has 0 aliphatic heterocycles. The molecule has 0 saturated heterocycles. The third-order valence-electron chi connectivity index (χ3n) is 2.01. The fourth-order valence-electron chi connectivity index (χ4n) is 1.02. The Labute approximate surface area is 91.9 Å². The molecular weight excluding hydrogens is 246 g/mol. The molecule has 0 unspecified atom stereocenters. The lowest BCUT2D eigenvalue weighted by molar-refractivity contribution is 0.147. The zero-order valence-electron chi connectivity index (χ0n) is 8.00. The van der Waals surface area contributed by atoms with Gasteiger partial charge in [-0.05, 0) is 35.0 Å². The number of para-hydroxylation sites is 1. The van der Waals surface area contributed by atoms with Crippen molar-refractivity contribution in [3.8, 4) is 0 Å². The number of hydrogen-bond acceptors (Lipinski definition) is 3. The smallest absolute Gasteiger partial charge is 0.0806 e. The maximum absolute atomic E-state index is 9.10. The molecule has 0 saturated carbocycles. The first-order valence-corrected chi connectivity index (χ1v) is 5.15. The topological polar surface area (TPSA) is 52.5 Å². The first-order chi connectivity index (χ1) is 6.61. The van der Waals surface area contributed by atoms with Crippen LogP contribution in [-0.4, -0.2) is 29.0 Å². The van der Waals surface area contributed by atoms with Crippen molar-refractivity contribution in [1.82, 2.24) is 0 Å². The van der Waals surface area contributed by atoms with E-state index < -0.39 is 5.54 Å². The number of rotatable bonds is 4. The van der Waals surface area contributed by atoms with Crippen LogP contribution in [0.2, 0.25) is 0 Å². The van der Waals surface area contributed by atoms with E-state index in [1.54, 1.807) is 6.92 Å². The van der Waals surface area contributed by atoms with Crippen LogP contribution in [0.4, 0.5) is 5.69 Å². The quantitative estimate of drug-likeness (QED) is 0.770. The molecule has 4 heteroatoms. The molecule has 1 aromatic rings. The van der Waals surface area contributed by atoms with Gasteiger partial charge >= 0.3 is 0 Å². The van der Waals surface area contributed by atoms with Crippen molar-refractivity contribution in [2.75, 3.05) is 18.5 Å². The molecule has 0 aliphatic rings. The summed E-state index contributed by atoms with van der Waals surface area (Å²) >= 11 is 3.38. The van der Waals surface area contributed by atoms with Crippen LogP contribution < -0.4 is 5.32 Å². The first-order valence-electron chi connectivity index (χ1n) is 4.36. The van der Waals surface area contributed by atoms with Crippen molar-refractivity contribution in [3.63, 3.8) is 0 Å². The van der Waals surface area contributed by atoms with E-state index in [2.05, 4.69) is 21.2 Å². The van der Waals surface area contributed by atoms with Crippen LogP contribution in [0, 0.1) is 0 Å². The third-order valence-corrected chi connectivity index (χ3v) is 2.70.